The number of rotatable bonds is 5. The second-order valence-corrected chi connectivity index (χ2v) is 9.43. The van der Waals surface area contributed by atoms with Crippen LogP contribution in [-0.4, -0.2) is 34.5 Å². The quantitative estimate of drug-likeness (QED) is 0.348. The number of benzene rings is 1. The Morgan fingerprint density at radius 3 is 2.31 bits per heavy atom. The van der Waals surface area contributed by atoms with E-state index >= 15 is 0 Å². The van der Waals surface area contributed by atoms with Gasteiger partial charge in [-0.3, -0.25) is 14.7 Å². The zero-order valence-electron chi connectivity index (χ0n) is 18.9. The smallest absolute Gasteiger partial charge is 0.348 e. The van der Waals surface area contributed by atoms with Crippen LogP contribution in [0.25, 0.3) is 5.69 Å². The van der Waals surface area contributed by atoms with Crippen LogP contribution in [0, 0.1) is 6.92 Å². The lowest BCUT2D eigenvalue weighted by molar-refractivity contribution is 0.0606. The molecule has 32 heavy (non-hydrogen) atoms. The third kappa shape index (κ3) is 4.72. The monoisotopic (exact) mass is 454 g/mol. The molecular weight excluding hydrogens is 428 g/mol. The molecule has 0 bridgehead atoms. The number of ether oxygens (including phenoxy) is 1. The van der Waals surface area contributed by atoms with Gasteiger partial charge in [-0.15, -0.1) is 11.3 Å². The highest BCUT2D eigenvalue weighted by Gasteiger charge is 2.18. The van der Waals surface area contributed by atoms with Gasteiger partial charge in [0.05, 0.1) is 28.9 Å². The minimum absolute atomic E-state index is 0.0158. The molecule has 0 fully saturated rings. The predicted molar refractivity (Wildman–Crippen MR) is 125 cm³/mol. The number of hydrogen-bond donors (Lipinski definition) is 2. The molecule has 0 unspecified atom stereocenters. The minimum Gasteiger partial charge on any atom is -0.465 e. The number of amides is 1. The summed E-state index contributed by atoms with van der Waals surface area (Å²) in [6.07, 6.45) is 0. The zero-order valence-corrected chi connectivity index (χ0v) is 19.7. The standard InChI is InChI=1S/C23H26N4O4S/c1-13(24-25-20(28)17-11-12-18(32-17)22(30)31-6)19-14(2)26-27(21(19)29)16-9-7-15(8-10-16)23(3,4)5/h7-12,26H,1-6H3,(H,25,28). The number of carbonyl (C=O) groups is 2. The highest BCUT2D eigenvalue weighted by atomic mass is 32.1. The van der Waals surface area contributed by atoms with E-state index in [9.17, 15) is 14.4 Å². The molecule has 0 radical (unpaired) electrons. The first kappa shape index (κ1) is 23.2. The van der Waals surface area contributed by atoms with Crippen molar-refractivity contribution in [2.75, 3.05) is 7.11 Å². The Labute approximate surface area is 189 Å². The largest absolute Gasteiger partial charge is 0.465 e. The number of H-pyrrole nitrogens is 1. The number of hydrazone groups is 1. The molecule has 3 aromatic rings. The molecule has 0 aliphatic heterocycles. The maximum absolute atomic E-state index is 13.0. The van der Waals surface area contributed by atoms with E-state index in [2.05, 4.69) is 41.1 Å². The van der Waals surface area contributed by atoms with Crippen molar-refractivity contribution in [1.29, 1.82) is 0 Å². The average Bonchev–Trinajstić information content (AvgIpc) is 3.35. The molecule has 168 valence electrons. The van der Waals surface area contributed by atoms with Crippen molar-refractivity contribution in [3.63, 3.8) is 0 Å². The molecule has 0 saturated heterocycles. The number of carbonyl (C=O) groups excluding carboxylic acids is 2. The molecule has 1 aromatic carbocycles. The topological polar surface area (TPSA) is 106 Å². The van der Waals surface area contributed by atoms with Gasteiger partial charge in [-0.2, -0.15) is 5.10 Å². The van der Waals surface area contributed by atoms with Gasteiger partial charge in [0.25, 0.3) is 11.5 Å². The Morgan fingerprint density at radius 1 is 1.09 bits per heavy atom. The number of nitrogens with zero attached hydrogens (tertiary/aromatic N) is 2. The predicted octanol–water partition coefficient (Wildman–Crippen LogP) is 3.77. The summed E-state index contributed by atoms with van der Waals surface area (Å²) in [5.74, 6) is -0.983. The first-order valence-electron chi connectivity index (χ1n) is 9.98. The molecule has 0 aliphatic carbocycles. The number of esters is 1. The Balaban J connectivity index is 1.82. The fourth-order valence-electron chi connectivity index (χ4n) is 3.18. The van der Waals surface area contributed by atoms with Gasteiger partial charge < -0.3 is 4.74 Å². The Morgan fingerprint density at radius 2 is 1.72 bits per heavy atom. The number of hydrogen-bond acceptors (Lipinski definition) is 6. The molecule has 0 atom stereocenters. The normalized spacial score (nSPS) is 12.0. The van der Waals surface area contributed by atoms with Crippen molar-refractivity contribution in [1.82, 2.24) is 15.2 Å². The van der Waals surface area contributed by atoms with E-state index in [4.69, 9.17) is 0 Å². The van der Waals surface area contributed by atoms with Gasteiger partial charge in [0, 0.05) is 5.69 Å². The van der Waals surface area contributed by atoms with Gasteiger partial charge in [-0.25, -0.2) is 14.9 Å². The summed E-state index contributed by atoms with van der Waals surface area (Å²) < 4.78 is 6.10. The highest BCUT2D eigenvalue weighted by Crippen LogP contribution is 2.23. The van der Waals surface area contributed by atoms with Crippen LogP contribution in [0.2, 0.25) is 0 Å². The summed E-state index contributed by atoms with van der Waals surface area (Å²) in [7, 11) is 1.28. The van der Waals surface area contributed by atoms with E-state index < -0.39 is 11.9 Å². The summed E-state index contributed by atoms with van der Waals surface area (Å²) in [6, 6.07) is 10.8. The summed E-state index contributed by atoms with van der Waals surface area (Å²) in [5, 5.41) is 7.17. The molecule has 2 aromatic heterocycles. The Kier molecular flexibility index (Phi) is 6.50. The third-order valence-corrected chi connectivity index (χ3v) is 6.03. The molecule has 0 spiro atoms. The lowest BCUT2D eigenvalue weighted by Crippen LogP contribution is -2.23. The lowest BCUT2D eigenvalue weighted by atomic mass is 9.87. The zero-order chi connectivity index (χ0) is 23.6. The van der Waals surface area contributed by atoms with Gasteiger partial charge in [0.2, 0.25) is 0 Å². The van der Waals surface area contributed by atoms with Crippen LogP contribution in [-0.2, 0) is 10.2 Å². The van der Waals surface area contributed by atoms with Crippen molar-refractivity contribution >= 4 is 28.9 Å². The number of thiophene rings is 1. The molecule has 2 heterocycles. The lowest BCUT2D eigenvalue weighted by Gasteiger charge is -2.19. The molecule has 1 amide bonds. The summed E-state index contributed by atoms with van der Waals surface area (Å²) in [4.78, 5) is 37.6. The molecule has 9 heteroatoms. The number of nitrogens with one attached hydrogen (secondary N) is 2. The van der Waals surface area contributed by atoms with Crippen LogP contribution in [0.3, 0.4) is 0 Å². The third-order valence-electron chi connectivity index (χ3n) is 4.97. The van der Waals surface area contributed by atoms with Gasteiger partial charge in [0.1, 0.15) is 4.88 Å². The van der Waals surface area contributed by atoms with Crippen molar-refractivity contribution in [2.24, 2.45) is 5.10 Å². The van der Waals surface area contributed by atoms with Gasteiger partial charge >= 0.3 is 5.97 Å². The number of aromatic amines is 1. The SMILES string of the molecule is COC(=O)c1ccc(C(=O)NN=C(C)c2c(C)[nH]n(-c3ccc(C(C)(C)C)cc3)c2=O)s1. The second kappa shape index (κ2) is 8.96. The molecule has 3 rings (SSSR count). The van der Waals surface area contributed by atoms with E-state index in [-0.39, 0.29) is 11.0 Å². The molecule has 2 N–H and O–H groups in total. The summed E-state index contributed by atoms with van der Waals surface area (Å²) in [5.41, 5.74) is 5.46. The van der Waals surface area contributed by atoms with Gasteiger partial charge in [0.15, 0.2) is 0 Å². The molecule has 0 saturated carbocycles. The van der Waals surface area contributed by atoms with E-state index in [1.54, 1.807) is 13.8 Å². The van der Waals surface area contributed by atoms with Crippen molar-refractivity contribution in [3.8, 4) is 5.69 Å². The minimum atomic E-state index is -0.507. The maximum atomic E-state index is 13.0. The van der Waals surface area contributed by atoms with E-state index in [1.165, 1.54) is 29.5 Å². The van der Waals surface area contributed by atoms with Crippen LogP contribution >= 0.6 is 11.3 Å². The first-order valence-corrected chi connectivity index (χ1v) is 10.8. The van der Waals surface area contributed by atoms with Crippen molar-refractivity contribution in [3.05, 3.63) is 73.3 Å². The van der Waals surface area contributed by atoms with Crippen LogP contribution in [0.1, 0.15) is 63.9 Å². The molecule has 8 nitrogen and oxygen atoms in total. The maximum Gasteiger partial charge on any atom is 0.348 e. The van der Waals surface area contributed by atoms with Crippen LogP contribution < -0.4 is 11.0 Å². The fourth-order valence-corrected chi connectivity index (χ4v) is 3.99. The number of aryl methyl sites for hydroxylation is 1. The van der Waals surface area contributed by atoms with Crippen LogP contribution in [0.5, 0.6) is 0 Å². The second-order valence-electron chi connectivity index (χ2n) is 8.34. The van der Waals surface area contributed by atoms with E-state index in [0.717, 1.165) is 11.3 Å². The van der Waals surface area contributed by atoms with E-state index in [0.29, 0.717) is 32.4 Å². The van der Waals surface area contributed by atoms with Crippen molar-refractivity contribution < 1.29 is 14.3 Å². The van der Waals surface area contributed by atoms with E-state index in [1.807, 2.05) is 24.3 Å². The van der Waals surface area contributed by atoms with Crippen LogP contribution in [0.15, 0.2) is 46.3 Å². The average molecular weight is 455 g/mol. The number of aromatic nitrogens is 2. The van der Waals surface area contributed by atoms with Crippen LogP contribution in [0.4, 0.5) is 0 Å². The molecule has 0 aliphatic rings. The summed E-state index contributed by atoms with van der Waals surface area (Å²) in [6.45, 7) is 9.82. The first-order chi connectivity index (χ1) is 15.0. The Bertz CT molecular complexity index is 1240. The Hall–Kier alpha value is -3.46. The summed E-state index contributed by atoms with van der Waals surface area (Å²) >= 11 is 1.00. The van der Waals surface area contributed by atoms with Gasteiger partial charge in [-0.05, 0) is 49.1 Å². The van der Waals surface area contributed by atoms with Crippen molar-refractivity contribution in [2.45, 2.75) is 40.0 Å². The fraction of sp³-hybridized carbons (Fsp3) is 0.304. The number of methoxy groups -OCH3 is 1. The molecular formula is C23H26N4O4S. The van der Waals surface area contributed by atoms with Gasteiger partial charge in [-0.1, -0.05) is 32.9 Å². The highest BCUT2D eigenvalue weighted by molar-refractivity contribution is 7.15.